The van der Waals surface area contributed by atoms with E-state index in [0.717, 1.165) is 48.6 Å². The van der Waals surface area contributed by atoms with Gasteiger partial charge in [-0.25, -0.2) is 0 Å². The Balaban J connectivity index is 2.36. The van der Waals surface area contributed by atoms with Crippen molar-refractivity contribution in [3.8, 4) is 0 Å². The Kier molecular flexibility index (Phi) is 3.75. The summed E-state index contributed by atoms with van der Waals surface area (Å²) in [6.07, 6.45) is 2.42. The van der Waals surface area contributed by atoms with Gasteiger partial charge in [0.05, 0.1) is 11.4 Å². The van der Waals surface area contributed by atoms with Crippen LogP contribution in [0.15, 0.2) is 12.1 Å². The van der Waals surface area contributed by atoms with Gasteiger partial charge in [0.1, 0.15) is 0 Å². The average molecular weight is 247 g/mol. The number of nitrogens with one attached hydrogen (secondary N) is 1. The lowest BCUT2D eigenvalue weighted by atomic mass is 10.0. The molecule has 1 heterocycles. The van der Waals surface area contributed by atoms with Crippen LogP contribution in [-0.4, -0.2) is 19.0 Å². The van der Waals surface area contributed by atoms with Crippen LogP contribution in [0, 0.1) is 0 Å². The molecule has 0 atom stereocenters. The Morgan fingerprint density at radius 2 is 2.11 bits per heavy atom. The summed E-state index contributed by atoms with van der Waals surface area (Å²) in [7, 11) is 0. The second-order valence-corrected chi connectivity index (χ2v) is 4.70. The van der Waals surface area contributed by atoms with Gasteiger partial charge in [0.2, 0.25) is 5.91 Å². The molecule has 1 aromatic carbocycles. The van der Waals surface area contributed by atoms with Gasteiger partial charge < -0.3 is 16.0 Å². The van der Waals surface area contributed by atoms with Gasteiger partial charge in [-0.05, 0) is 37.5 Å². The highest BCUT2D eigenvalue weighted by Crippen LogP contribution is 2.33. The molecule has 0 radical (unpaired) electrons. The number of aryl methyl sites for hydroxylation is 1. The van der Waals surface area contributed by atoms with Crippen molar-refractivity contribution >= 4 is 23.0 Å². The number of nitrogens with two attached hydrogens (primary N) is 1. The molecule has 3 N–H and O–H groups in total. The second-order valence-electron chi connectivity index (χ2n) is 4.70. The highest BCUT2D eigenvalue weighted by molar-refractivity contribution is 5.95. The summed E-state index contributed by atoms with van der Waals surface area (Å²) < 4.78 is 0. The monoisotopic (exact) mass is 247 g/mol. The number of carbonyl (C=O) groups is 1. The maximum atomic E-state index is 11.4. The van der Waals surface area contributed by atoms with Crippen LogP contribution < -0.4 is 16.0 Å². The van der Waals surface area contributed by atoms with Gasteiger partial charge in [0.15, 0.2) is 0 Å². The first-order valence-electron chi connectivity index (χ1n) is 6.62. The van der Waals surface area contributed by atoms with Crippen LogP contribution in [0.3, 0.4) is 0 Å². The van der Waals surface area contributed by atoms with Crippen molar-refractivity contribution < 1.29 is 4.79 Å². The minimum Gasteiger partial charge on any atom is -0.397 e. The first-order chi connectivity index (χ1) is 8.65. The third kappa shape index (κ3) is 2.42. The molecule has 0 aromatic heterocycles. The number of benzene rings is 1. The molecular weight excluding hydrogens is 226 g/mol. The van der Waals surface area contributed by atoms with Gasteiger partial charge in [0.25, 0.3) is 0 Å². The summed E-state index contributed by atoms with van der Waals surface area (Å²) >= 11 is 0. The van der Waals surface area contributed by atoms with Crippen LogP contribution >= 0.6 is 0 Å². The zero-order chi connectivity index (χ0) is 13.1. The fourth-order valence-corrected chi connectivity index (χ4v) is 2.43. The largest absolute Gasteiger partial charge is 0.397 e. The van der Waals surface area contributed by atoms with Crippen LogP contribution in [0.1, 0.15) is 32.3 Å². The lowest BCUT2D eigenvalue weighted by Gasteiger charge is -2.27. The van der Waals surface area contributed by atoms with Crippen molar-refractivity contribution in [2.24, 2.45) is 0 Å². The number of hydrogen-bond acceptors (Lipinski definition) is 3. The molecular formula is C14H21N3O. The molecule has 18 heavy (non-hydrogen) atoms. The van der Waals surface area contributed by atoms with Gasteiger partial charge in [-0.1, -0.05) is 6.92 Å². The van der Waals surface area contributed by atoms with E-state index < -0.39 is 0 Å². The van der Waals surface area contributed by atoms with E-state index in [-0.39, 0.29) is 5.91 Å². The highest BCUT2D eigenvalue weighted by atomic mass is 16.1. The molecule has 1 aliphatic rings. The fourth-order valence-electron chi connectivity index (χ4n) is 2.43. The first kappa shape index (κ1) is 12.7. The minimum absolute atomic E-state index is 0.0942. The van der Waals surface area contributed by atoms with Gasteiger partial charge in [-0.3, -0.25) is 4.79 Å². The number of carbonyl (C=O) groups excluding carboxylic acids is 1. The molecule has 0 saturated carbocycles. The number of anilines is 3. The Morgan fingerprint density at radius 3 is 2.78 bits per heavy atom. The van der Waals surface area contributed by atoms with E-state index in [0.29, 0.717) is 6.42 Å². The van der Waals surface area contributed by atoms with E-state index in [1.807, 2.05) is 12.1 Å². The van der Waals surface area contributed by atoms with Gasteiger partial charge in [-0.15, -0.1) is 0 Å². The lowest BCUT2D eigenvalue weighted by Crippen LogP contribution is -2.26. The summed E-state index contributed by atoms with van der Waals surface area (Å²) in [4.78, 5) is 13.7. The predicted molar refractivity (Wildman–Crippen MR) is 76.0 cm³/mol. The number of fused-ring (bicyclic) bond motifs is 1. The standard InChI is InChI=1S/C14H21N3O/c1-3-7-17(4-2)13-9-12-10(8-11(13)15)5-6-14(18)16-12/h8-9H,3-7,15H2,1-2H3,(H,16,18). The Hall–Kier alpha value is -1.71. The molecule has 4 heteroatoms. The van der Waals surface area contributed by atoms with Crippen LogP contribution in [0.2, 0.25) is 0 Å². The molecule has 0 bridgehead atoms. The molecule has 2 rings (SSSR count). The van der Waals surface area contributed by atoms with Gasteiger partial charge in [0, 0.05) is 25.2 Å². The van der Waals surface area contributed by atoms with Crippen LogP contribution in [-0.2, 0) is 11.2 Å². The van der Waals surface area contributed by atoms with E-state index in [4.69, 9.17) is 5.73 Å². The third-order valence-corrected chi connectivity index (χ3v) is 3.36. The van der Waals surface area contributed by atoms with E-state index in [1.54, 1.807) is 0 Å². The Bertz CT molecular complexity index is 457. The number of amides is 1. The number of rotatable bonds is 4. The average Bonchev–Trinajstić information content (AvgIpc) is 2.36. The van der Waals surface area contributed by atoms with Crippen molar-refractivity contribution in [2.75, 3.05) is 29.0 Å². The first-order valence-corrected chi connectivity index (χ1v) is 6.62. The molecule has 98 valence electrons. The molecule has 0 aliphatic carbocycles. The van der Waals surface area contributed by atoms with E-state index in [1.165, 1.54) is 0 Å². The molecule has 1 aliphatic heterocycles. The maximum Gasteiger partial charge on any atom is 0.224 e. The van der Waals surface area contributed by atoms with Crippen molar-refractivity contribution in [3.63, 3.8) is 0 Å². The third-order valence-electron chi connectivity index (χ3n) is 3.36. The molecule has 0 fully saturated rings. The summed E-state index contributed by atoms with van der Waals surface area (Å²) in [6.45, 7) is 6.17. The fraction of sp³-hybridized carbons (Fsp3) is 0.500. The van der Waals surface area contributed by atoms with Crippen molar-refractivity contribution in [1.29, 1.82) is 0 Å². The summed E-state index contributed by atoms with van der Waals surface area (Å²) in [5.41, 5.74) is 10.0. The lowest BCUT2D eigenvalue weighted by molar-refractivity contribution is -0.116. The second kappa shape index (κ2) is 5.29. The maximum absolute atomic E-state index is 11.4. The summed E-state index contributed by atoms with van der Waals surface area (Å²) in [5, 5.41) is 2.93. The zero-order valence-corrected chi connectivity index (χ0v) is 11.1. The molecule has 0 spiro atoms. The molecule has 0 saturated heterocycles. The van der Waals surface area contributed by atoms with Crippen molar-refractivity contribution in [1.82, 2.24) is 0 Å². The quantitative estimate of drug-likeness (QED) is 0.803. The van der Waals surface area contributed by atoms with E-state index >= 15 is 0 Å². The Morgan fingerprint density at radius 1 is 1.33 bits per heavy atom. The van der Waals surface area contributed by atoms with Crippen LogP contribution in [0.4, 0.5) is 17.1 Å². The van der Waals surface area contributed by atoms with Crippen molar-refractivity contribution in [2.45, 2.75) is 33.1 Å². The SMILES string of the molecule is CCCN(CC)c1cc2c(cc1N)CCC(=O)N2. The molecule has 1 aromatic rings. The summed E-state index contributed by atoms with van der Waals surface area (Å²) in [5.74, 6) is 0.0942. The number of hydrogen-bond donors (Lipinski definition) is 2. The van der Waals surface area contributed by atoms with Gasteiger partial charge >= 0.3 is 0 Å². The summed E-state index contributed by atoms with van der Waals surface area (Å²) in [6, 6.07) is 4.02. The van der Waals surface area contributed by atoms with Crippen LogP contribution in [0.25, 0.3) is 0 Å². The molecule has 0 unspecified atom stereocenters. The molecule has 1 amide bonds. The Labute approximate surface area is 108 Å². The highest BCUT2D eigenvalue weighted by Gasteiger charge is 2.18. The smallest absolute Gasteiger partial charge is 0.224 e. The van der Waals surface area contributed by atoms with Crippen LogP contribution in [0.5, 0.6) is 0 Å². The van der Waals surface area contributed by atoms with Crippen molar-refractivity contribution in [3.05, 3.63) is 17.7 Å². The molecule has 4 nitrogen and oxygen atoms in total. The van der Waals surface area contributed by atoms with E-state index in [2.05, 4.69) is 24.1 Å². The van der Waals surface area contributed by atoms with Gasteiger partial charge in [-0.2, -0.15) is 0 Å². The zero-order valence-electron chi connectivity index (χ0n) is 11.1. The normalized spacial score (nSPS) is 14.0. The topological polar surface area (TPSA) is 58.4 Å². The predicted octanol–water partition coefficient (Wildman–Crippen LogP) is 2.39. The van der Waals surface area contributed by atoms with E-state index in [9.17, 15) is 4.79 Å². The number of nitrogen functional groups attached to an aromatic ring is 1. The minimum atomic E-state index is 0.0942. The number of nitrogens with zero attached hydrogens (tertiary/aromatic N) is 1.